The van der Waals surface area contributed by atoms with E-state index in [4.69, 9.17) is 27.3 Å². The van der Waals surface area contributed by atoms with Gasteiger partial charge in [0.05, 0.1) is 23.8 Å². The second kappa shape index (κ2) is 16.0. The number of rotatable bonds is 16. The van der Waals surface area contributed by atoms with Crippen LogP contribution in [0.2, 0.25) is 0 Å². The molecule has 0 spiro atoms. The smallest absolute Gasteiger partial charge is 0.320 e. The van der Waals surface area contributed by atoms with E-state index in [1.165, 1.54) is 4.90 Å². The van der Waals surface area contributed by atoms with Crippen molar-refractivity contribution in [3.63, 3.8) is 0 Å². The third-order valence-corrected chi connectivity index (χ3v) is 7.80. The molecule has 13 heteroatoms. The third kappa shape index (κ3) is 9.49. The van der Waals surface area contributed by atoms with Gasteiger partial charge in [-0.2, -0.15) is 0 Å². The number of ketones is 1. The van der Waals surface area contributed by atoms with E-state index in [2.05, 4.69) is 0 Å². The number of amides is 1. The van der Waals surface area contributed by atoms with Gasteiger partial charge < -0.3 is 36.9 Å². The highest BCUT2D eigenvalue weighted by molar-refractivity contribution is 5.88. The Hall–Kier alpha value is -4.04. The number of halogens is 2. The van der Waals surface area contributed by atoms with Gasteiger partial charge >= 0.3 is 5.97 Å². The average molecular weight is 643 g/mol. The highest BCUT2D eigenvalue weighted by Crippen LogP contribution is 2.39. The van der Waals surface area contributed by atoms with Crippen LogP contribution in [0.3, 0.4) is 0 Å². The maximum atomic E-state index is 14.9. The summed E-state index contributed by atoms with van der Waals surface area (Å²) in [4.78, 5) is 43.4. The Morgan fingerprint density at radius 2 is 1.59 bits per heavy atom. The fourth-order valence-electron chi connectivity index (χ4n) is 5.38. The lowest BCUT2D eigenvalue weighted by Crippen LogP contribution is -2.48. The Bertz CT molecular complexity index is 1490. The van der Waals surface area contributed by atoms with Crippen LogP contribution in [0.15, 0.2) is 54.7 Å². The van der Waals surface area contributed by atoms with Gasteiger partial charge in [0.2, 0.25) is 5.91 Å². The van der Waals surface area contributed by atoms with Crippen LogP contribution < -0.4 is 17.2 Å². The number of aromatic nitrogens is 2. The quantitative estimate of drug-likeness (QED) is 0.156. The summed E-state index contributed by atoms with van der Waals surface area (Å²) in [5.41, 5.74) is 18.1. The zero-order valence-corrected chi connectivity index (χ0v) is 26.4. The number of carboxylic acids is 1. The van der Waals surface area contributed by atoms with Gasteiger partial charge in [-0.25, -0.2) is 13.8 Å². The lowest BCUT2D eigenvalue weighted by atomic mass is 9.84. The molecule has 250 valence electrons. The van der Waals surface area contributed by atoms with E-state index < -0.39 is 65.5 Å². The monoisotopic (exact) mass is 642 g/mol. The first-order valence-corrected chi connectivity index (χ1v) is 15.1. The summed E-state index contributed by atoms with van der Waals surface area (Å²) in [6.45, 7) is 5.05. The number of aliphatic hydroxyl groups excluding tert-OH is 1. The fraction of sp³-hybridized carbons (Fsp3) is 0.455. The van der Waals surface area contributed by atoms with Gasteiger partial charge in [-0.15, -0.1) is 0 Å². The first kappa shape index (κ1) is 36.4. The Balaban J connectivity index is 1.96. The number of benzene rings is 2. The molecule has 0 radical (unpaired) electrons. The van der Waals surface area contributed by atoms with E-state index >= 15 is 0 Å². The van der Waals surface area contributed by atoms with Gasteiger partial charge in [-0.3, -0.25) is 14.4 Å². The van der Waals surface area contributed by atoms with E-state index in [-0.39, 0.29) is 37.1 Å². The molecule has 0 aliphatic rings. The van der Waals surface area contributed by atoms with Gasteiger partial charge in [0.15, 0.2) is 5.78 Å². The Labute approximate surface area is 267 Å². The summed E-state index contributed by atoms with van der Waals surface area (Å²) in [6, 6.07) is 8.63. The molecule has 0 fully saturated rings. The minimum atomic E-state index is -1.14. The molecule has 3 rings (SSSR count). The van der Waals surface area contributed by atoms with Crippen molar-refractivity contribution >= 4 is 17.7 Å². The molecule has 4 atom stereocenters. The Morgan fingerprint density at radius 1 is 0.957 bits per heavy atom. The number of aliphatic carboxylic acids is 1. The van der Waals surface area contributed by atoms with Crippen molar-refractivity contribution in [3.05, 3.63) is 77.8 Å². The molecule has 1 amide bonds. The van der Waals surface area contributed by atoms with E-state index in [0.717, 1.165) is 23.8 Å². The largest absolute Gasteiger partial charge is 0.480 e. The number of nitrogens with two attached hydrogens (primary N) is 3. The van der Waals surface area contributed by atoms with Crippen molar-refractivity contribution < 1.29 is 33.4 Å². The van der Waals surface area contributed by atoms with Crippen LogP contribution in [0, 0.1) is 17.0 Å². The van der Waals surface area contributed by atoms with Crippen molar-refractivity contribution in [1.29, 1.82) is 0 Å². The fourth-order valence-corrected chi connectivity index (χ4v) is 5.38. The second-order valence-corrected chi connectivity index (χ2v) is 12.5. The summed E-state index contributed by atoms with van der Waals surface area (Å²) in [7, 11) is 0. The minimum absolute atomic E-state index is 0.00423. The lowest BCUT2D eigenvalue weighted by Gasteiger charge is -2.40. The molecule has 0 aliphatic heterocycles. The zero-order valence-electron chi connectivity index (χ0n) is 26.4. The van der Waals surface area contributed by atoms with Gasteiger partial charge in [0.25, 0.3) is 0 Å². The number of carbonyl (C=O) groups excluding carboxylic acids is 2. The van der Waals surface area contributed by atoms with Crippen molar-refractivity contribution in [3.8, 4) is 11.3 Å². The molecule has 0 bridgehead atoms. The normalized spacial score (nSPS) is 14.4. The molecule has 8 N–H and O–H groups in total. The van der Waals surface area contributed by atoms with E-state index in [1.54, 1.807) is 10.8 Å². The van der Waals surface area contributed by atoms with Gasteiger partial charge in [0.1, 0.15) is 30.1 Å². The van der Waals surface area contributed by atoms with Crippen LogP contribution in [-0.4, -0.2) is 73.6 Å². The van der Waals surface area contributed by atoms with Crippen LogP contribution in [0.1, 0.15) is 63.9 Å². The lowest BCUT2D eigenvalue weighted by molar-refractivity contribution is -0.140. The van der Waals surface area contributed by atoms with E-state index in [1.807, 2.05) is 51.1 Å². The molecule has 0 aliphatic carbocycles. The van der Waals surface area contributed by atoms with Crippen molar-refractivity contribution in [2.24, 2.45) is 22.6 Å². The molecule has 0 saturated heterocycles. The molecule has 11 nitrogen and oxygen atoms in total. The van der Waals surface area contributed by atoms with Gasteiger partial charge in [-0.05, 0) is 54.9 Å². The van der Waals surface area contributed by atoms with Crippen LogP contribution in [0.25, 0.3) is 11.3 Å². The third-order valence-electron chi connectivity index (χ3n) is 7.80. The predicted octanol–water partition coefficient (Wildman–Crippen LogP) is 2.98. The van der Waals surface area contributed by atoms with E-state index in [9.17, 15) is 28.3 Å². The maximum absolute atomic E-state index is 14.9. The van der Waals surface area contributed by atoms with Gasteiger partial charge in [-0.1, -0.05) is 51.1 Å². The maximum Gasteiger partial charge on any atom is 0.320 e. The second-order valence-electron chi connectivity index (χ2n) is 12.5. The zero-order chi connectivity index (χ0) is 34.2. The summed E-state index contributed by atoms with van der Waals surface area (Å²) in [5.74, 6) is -3.18. The molecule has 2 aromatic carbocycles. The molecule has 0 saturated carbocycles. The topological polar surface area (TPSA) is 191 Å². The summed E-state index contributed by atoms with van der Waals surface area (Å²) < 4.78 is 30.9. The van der Waals surface area contributed by atoms with Crippen molar-refractivity contribution in [2.75, 3.05) is 13.2 Å². The number of hydrogen-bond acceptors (Lipinski definition) is 8. The molecule has 3 aromatic rings. The number of Topliss-reactive ketones (excluding diaryl/α,β-unsaturated/α-hetero) is 1. The van der Waals surface area contributed by atoms with Crippen molar-refractivity contribution in [2.45, 2.75) is 77.2 Å². The molecular formula is C33H44F2N6O5. The molecular weight excluding hydrogens is 598 g/mol. The average Bonchev–Trinajstić information content (AvgIpc) is 3.41. The number of hydrogen-bond donors (Lipinski definition) is 5. The van der Waals surface area contributed by atoms with Crippen LogP contribution in [-0.2, 0) is 20.9 Å². The van der Waals surface area contributed by atoms with Crippen molar-refractivity contribution in [1.82, 2.24) is 14.5 Å². The number of carbonyl (C=O) groups is 3. The van der Waals surface area contributed by atoms with Crippen LogP contribution in [0.4, 0.5) is 8.78 Å². The molecule has 46 heavy (non-hydrogen) atoms. The molecule has 1 unspecified atom stereocenters. The standard InChI is InChI=1S/C33H44F2N6O5/c1-33(2,3)30(41(28(43)19-42)15-14-25(37)29(44)24(36)10-7-11-26(38)32(45)46)31-39-27(22-16-21(34)12-13-23(22)35)18-40(31)17-20-8-5-4-6-9-20/h4-6,8-9,12-13,16,18,24-26,30,42H,7,10-11,14-15,17,19,36-38H2,1-3H3,(H,45,46)/t24?,25-,26+,30-/m0/s1. The highest BCUT2D eigenvalue weighted by Gasteiger charge is 2.39. The SMILES string of the molecule is CC(C)(C)[C@H](c1nc(-c2cc(F)ccc2F)cn1Cc1ccccc1)N(CC[C@H](N)C(=O)C(N)CCC[C@@H](N)C(=O)O)C(=O)CO. The number of aliphatic hydroxyl groups is 1. The minimum Gasteiger partial charge on any atom is -0.480 e. The Kier molecular flexibility index (Phi) is 12.7. The summed E-state index contributed by atoms with van der Waals surface area (Å²) >= 11 is 0. The summed E-state index contributed by atoms with van der Waals surface area (Å²) in [5, 5.41) is 18.9. The number of nitrogens with zero attached hydrogens (tertiary/aromatic N) is 3. The highest BCUT2D eigenvalue weighted by atomic mass is 19.1. The summed E-state index contributed by atoms with van der Waals surface area (Å²) in [6.07, 6.45) is 2.25. The predicted molar refractivity (Wildman–Crippen MR) is 169 cm³/mol. The molecule has 1 heterocycles. The van der Waals surface area contributed by atoms with Crippen LogP contribution >= 0.6 is 0 Å². The van der Waals surface area contributed by atoms with Crippen LogP contribution in [0.5, 0.6) is 0 Å². The Morgan fingerprint density at radius 3 is 2.20 bits per heavy atom. The first-order chi connectivity index (χ1) is 21.6. The number of imidazole rings is 1. The van der Waals surface area contributed by atoms with Gasteiger partial charge in [0, 0.05) is 24.8 Å². The number of carboxylic acid groups (broad SMARTS) is 1. The van der Waals surface area contributed by atoms with E-state index in [0.29, 0.717) is 18.8 Å². The molecule has 1 aromatic heterocycles. The first-order valence-electron chi connectivity index (χ1n) is 15.1.